The minimum Gasteiger partial charge on any atom is -0.436 e. The molecule has 6 rings (SSSR count). The van der Waals surface area contributed by atoms with Crippen molar-refractivity contribution in [2.75, 3.05) is 10.6 Å². The summed E-state index contributed by atoms with van der Waals surface area (Å²) in [6.07, 6.45) is 2.35. The Bertz CT molecular complexity index is 1600. The van der Waals surface area contributed by atoms with Crippen LogP contribution in [-0.2, 0) is 9.59 Å². The Morgan fingerprint density at radius 3 is 1.34 bits per heavy atom. The van der Waals surface area contributed by atoms with Gasteiger partial charge in [0.2, 0.25) is 23.6 Å². The fraction of sp³-hybridized carbons (Fsp3) is 0. The fourth-order valence-corrected chi connectivity index (χ4v) is 3.90. The van der Waals surface area contributed by atoms with E-state index in [1.54, 1.807) is 48.5 Å². The molecule has 184 valence electrons. The number of para-hydroxylation sites is 4. The van der Waals surface area contributed by atoms with Crippen molar-refractivity contribution in [1.82, 2.24) is 9.97 Å². The van der Waals surface area contributed by atoms with Crippen molar-refractivity contribution in [3.05, 3.63) is 109 Å². The van der Waals surface area contributed by atoms with Gasteiger partial charge in [-0.2, -0.15) is 0 Å². The maximum Gasteiger partial charge on any atom is 0.248 e. The number of hydrogen-bond acceptors (Lipinski definition) is 6. The lowest BCUT2D eigenvalue weighted by Gasteiger charge is -2.04. The molecular formula is C30H20N4O4. The van der Waals surface area contributed by atoms with Gasteiger partial charge in [-0.05, 0) is 72.8 Å². The largest absolute Gasteiger partial charge is 0.436 e. The third-order valence-corrected chi connectivity index (χ3v) is 5.77. The Hall–Kier alpha value is -5.50. The van der Waals surface area contributed by atoms with Crippen LogP contribution >= 0.6 is 0 Å². The van der Waals surface area contributed by atoms with Crippen LogP contribution in [0.4, 0.5) is 11.4 Å². The van der Waals surface area contributed by atoms with Crippen LogP contribution in [0.3, 0.4) is 0 Å². The SMILES string of the molecule is O=C(/C=C/C(=O)Nc1ccc(-c2nc3ccccc3o2)cc1)Nc1ccc(-c2nc3ccccc3o2)cc1. The number of carbonyl (C=O) groups excluding carboxylic acids is 2. The monoisotopic (exact) mass is 500 g/mol. The minimum absolute atomic E-state index is 0.430. The first kappa shape index (κ1) is 22.9. The van der Waals surface area contributed by atoms with E-state index in [9.17, 15) is 9.59 Å². The van der Waals surface area contributed by atoms with E-state index in [2.05, 4.69) is 20.6 Å². The summed E-state index contributed by atoms with van der Waals surface area (Å²) in [4.78, 5) is 33.5. The third kappa shape index (κ3) is 4.91. The molecule has 0 aliphatic heterocycles. The second-order valence-electron chi connectivity index (χ2n) is 8.44. The van der Waals surface area contributed by atoms with E-state index in [1.165, 1.54) is 12.2 Å². The van der Waals surface area contributed by atoms with Crippen molar-refractivity contribution in [3.63, 3.8) is 0 Å². The summed E-state index contributed by atoms with van der Waals surface area (Å²) in [5.74, 6) is 0.146. The Morgan fingerprint density at radius 1 is 0.553 bits per heavy atom. The highest BCUT2D eigenvalue weighted by atomic mass is 16.4. The summed E-state index contributed by atoms with van der Waals surface area (Å²) < 4.78 is 11.5. The van der Waals surface area contributed by atoms with Gasteiger partial charge >= 0.3 is 0 Å². The molecule has 0 saturated carbocycles. The Balaban J connectivity index is 1.04. The molecular weight excluding hydrogens is 480 g/mol. The van der Waals surface area contributed by atoms with Crippen LogP contribution in [0.15, 0.2) is 118 Å². The van der Waals surface area contributed by atoms with Gasteiger partial charge in [0.25, 0.3) is 0 Å². The summed E-state index contributed by atoms with van der Waals surface area (Å²) in [6, 6.07) is 29.3. The first-order chi connectivity index (χ1) is 18.6. The average molecular weight is 501 g/mol. The number of aromatic nitrogens is 2. The van der Waals surface area contributed by atoms with Crippen LogP contribution in [0.1, 0.15) is 0 Å². The molecule has 2 amide bonds. The number of oxazole rings is 2. The van der Waals surface area contributed by atoms with Crippen LogP contribution in [0.2, 0.25) is 0 Å². The van der Waals surface area contributed by atoms with Gasteiger partial charge in [0, 0.05) is 34.7 Å². The molecule has 0 fully saturated rings. The van der Waals surface area contributed by atoms with E-state index in [1.807, 2.05) is 48.5 Å². The Kier molecular flexibility index (Phi) is 5.95. The average Bonchev–Trinajstić information content (AvgIpc) is 3.57. The van der Waals surface area contributed by atoms with Crippen LogP contribution in [0.25, 0.3) is 45.1 Å². The number of benzene rings is 4. The van der Waals surface area contributed by atoms with Crippen molar-refractivity contribution >= 4 is 45.4 Å². The topological polar surface area (TPSA) is 110 Å². The van der Waals surface area contributed by atoms with Crippen molar-refractivity contribution in [3.8, 4) is 22.9 Å². The maximum atomic E-state index is 12.3. The van der Waals surface area contributed by atoms with E-state index in [0.29, 0.717) is 34.3 Å². The van der Waals surface area contributed by atoms with Gasteiger partial charge in [-0.1, -0.05) is 24.3 Å². The van der Waals surface area contributed by atoms with Gasteiger partial charge < -0.3 is 19.5 Å². The van der Waals surface area contributed by atoms with Gasteiger partial charge in [-0.3, -0.25) is 9.59 Å². The molecule has 0 saturated heterocycles. The third-order valence-electron chi connectivity index (χ3n) is 5.77. The lowest BCUT2D eigenvalue weighted by atomic mass is 10.2. The standard InChI is InChI=1S/C30H20N4O4/c35-27(31-21-13-9-19(10-14-21)29-33-23-5-1-3-7-25(23)37-29)17-18-28(36)32-22-15-11-20(12-16-22)30-34-24-6-2-4-8-26(24)38-30/h1-18H,(H,31,35)(H,32,36)/b18-17+. The Morgan fingerprint density at radius 2 is 0.947 bits per heavy atom. The number of fused-ring (bicyclic) bond motifs is 2. The normalized spacial score (nSPS) is 11.3. The van der Waals surface area contributed by atoms with Gasteiger partial charge in [0.1, 0.15) is 11.0 Å². The second-order valence-corrected chi connectivity index (χ2v) is 8.44. The molecule has 0 spiro atoms. The molecule has 8 heteroatoms. The van der Waals surface area contributed by atoms with Gasteiger partial charge in [-0.15, -0.1) is 0 Å². The zero-order chi connectivity index (χ0) is 25.9. The highest BCUT2D eigenvalue weighted by molar-refractivity contribution is 6.07. The van der Waals surface area contributed by atoms with Crippen molar-refractivity contribution in [2.24, 2.45) is 0 Å². The van der Waals surface area contributed by atoms with E-state index in [-0.39, 0.29) is 0 Å². The molecule has 0 atom stereocenters. The molecule has 2 aromatic heterocycles. The van der Waals surface area contributed by atoms with Gasteiger partial charge in [-0.25, -0.2) is 9.97 Å². The number of nitrogens with zero attached hydrogens (tertiary/aromatic N) is 2. The second kappa shape index (κ2) is 9.87. The zero-order valence-electron chi connectivity index (χ0n) is 19.9. The Labute approximate surface area is 216 Å². The number of anilines is 2. The molecule has 4 aromatic carbocycles. The molecule has 0 radical (unpaired) electrons. The first-order valence-electron chi connectivity index (χ1n) is 11.8. The number of nitrogens with one attached hydrogen (secondary N) is 2. The molecule has 2 heterocycles. The van der Waals surface area contributed by atoms with Crippen LogP contribution in [-0.4, -0.2) is 21.8 Å². The summed E-state index contributed by atoms with van der Waals surface area (Å²) in [5.41, 5.74) is 5.71. The summed E-state index contributed by atoms with van der Waals surface area (Å²) in [5, 5.41) is 5.46. The number of carbonyl (C=O) groups is 2. The van der Waals surface area contributed by atoms with Crippen molar-refractivity contribution < 1.29 is 18.4 Å². The smallest absolute Gasteiger partial charge is 0.248 e. The highest BCUT2D eigenvalue weighted by Gasteiger charge is 2.09. The summed E-state index contributed by atoms with van der Waals surface area (Å²) >= 11 is 0. The first-order valence-corrected chi connectivity index (χ1v) is 11.8. The molecule has 0 aliphatic carbocycles. The molecule has 38 heavy (non-hydrogen) atoms. The molecule has 6 aromatic rings. The van der Waals surface area contributed by atoms with Crippen LogP contribution < -0.4 is 10.6 Å². The molecule has 2 N–H and O–H groups in total. The molecule has 0 unspecified atom stereocenters. The van der Waals surface area contributed by atoms with Gasteiger partial charge in [0.05, 0.1) is 0 Å². The van der Waals surface area contributed by atoms with E-state index in [0.717, 1.165) is 22.2 Å². The van der Waals surface area contributed by atoms with E-state index < -0.39 is 11.8 Å². The van der Waals surface area contributed by atoms with E-state index in [4.69, 9.17) is 8.83 Å². The van der Waals surface area contributed by atoms with Crippen molar-refractivity contribution in [1.29, 1.82) is 0 Å². The number of hydrogen-bond donors (Lipinski definition) is 2. The molecule has 8 nitrogen and oxygen atoms in total. The lowest BCUT2D eigenvalue weighted by molar-refractivity contribution is -0.114. The zero-order valence-corrected chi connectivity index (χ0v) is 19.9. The predicted molar refractivity (Wildman–Crippen MR) is 145 cm³/mol. The number of rotatable bonds is 6. The lowest BCUT2D eigenvalue weighted by Crippen LogP contribution is -2.12. The minimum atomic E-state index is -0.430. The van der Waals surface area contributed by atoms with E-state index >= 15 is 0 Å². The fourth-order valence-electron chi connectivity index (χ4n) is 3.90. The van der Waals surface area contributed by atoms with Crippen molar-refractivity contribution in [2.45, 2.75) is 0 Å². The van der Waals surface area contributed by atoms with Crippen LogP contribution in [0, 0.1) is 0 Å². The summed E-state index contributed by atoms with van der Waals surface area (Å²) in [7, 11) is 0. The highest BCUT2D eigenvalue weighted by Crippen LogP contribution is 2.26. The quantitative estimate of drug-likeness (QED) is 0.255. The molecule has 0 bridgehead atoms. The predicted octanol–water partition coefficient (Wildman–Crippen LogP) is 6.44. The summed E-state index contributed by atoms with van der Waals surface area (Å²) in [6.45, 7) is 0. The van der Waals surface area contributed by atoms with Crippen LogP contribution in [0.5, 0.6) is 0 Å². The van der Waals surface area contributed by atoms with Gasteiger partial charge in [0.15, 0.2) is 11.2 Å². The molecule has 0 aliphatic rings. The number of amides is 2. The maximum absolute atomic E-state index is 12.3.